The van der Waals surface area contributed by atoms with E-state index in [1.54, 1.807) is 0 Å². The van der Waals surface area contributed by atoms with Crippen molar-refractivity contribution in [2.24, 2.45) is 17.2 Å². The third-order valence-electron chi connectivity index (χ3n) is 4.23. The normalized spacial score (nSPS) is 24.2. The van der Waals surface area contributed by atoms with Crippen molar-refractivity contribution in [2.45, 2.75) is 39.2 Å². The lowest BCUT2D eigenvalue weighted by molar-refractivity contribution is 0.192. The zero-order valence-corrected chi connectivity index (χ0v) is 10.8. The lowest BCUT2D eigenvalue weighted by Crippen LogP contribution is -2.38. The third-order valence-corrected chi connectivity index (χ3v) is 4.23. The highest BCUT2D eigenvalue weighted by Crippen LogP contribution is 2.49. The molecular weight excluding hydrogens is 234 g/mol. The van der Waals surface area contributed by atoms with Gasteiger partial charge in [-0.3, -0.25) is 11.3 Å². The standard InChI is InChI=1S/C14H20F2N2/c1-14(2)8-4-5-9(14)13(18-17)12-10(15)6-3-7-11(12)16/h3,6-7,9,13,18H,4-5,8,17H2,1-2H3. The lowest BCUT2D eigenvalue weighted by atomic mass is 9.75. The summed E-state index contributed by atoms with van der Waals surface area (Å²) >= 11 is 0. The largest absolute Gasteiger partial charge is 0.271 e. The van der Waals surface area contributed by atoms with Crippen LogP contribution in [0.2, 0.25) is 0 Å². The fourth-order valence-electron chi connectivity index (χ4n) is 3.18. The number of hydrogen-bond donors (Lipinski definition) is 2. The van der Waals surface area contributed by atoms with E-state index in [4.69, 9.17) is 5.84 Å². The SMILES string of the molecule is CC1(C)CCCC1C(NN)c1c(F)cccc1F. The molecule has 1 aliphatic carbocycles. The van der Waals surface area contributed by atoms with E-state index in [-0.39, 0.29) is 16.9 Å². The number of nitrogens with one attached hydrogen (secondary N) is 1. The second-order valence-corrected chi connectivity index (χ2v) is 5.77. The van der Waals surface area contributed by atoms with Crippen molar-refractivity contribution < 1.29 is 8.78 Å². The molecule has 0 heterocycles. The number of benzene rings is 1. The number of nitrogens with two attached hydrogens (primary N) is 1. The zero-order chi connectivity index (χ0) is 13.3. The molecule has 0 radical (unpaired) electrons. The summed E-state index contributed by atoms with van der Waals surface area (Å²) in [4.78, 5) is 0. The fraction of sp³-hybridized carbons (Fsp3) is 0.571. The van der Waals surface area contributed by atoms with Crippen molar-refractivity contribution in [3.63, 3.8) is 0 Å². The van der Waals surface area contributed by atoms with Crippen molar-refractivity contribution >= 4 is 0 Å². The highest BCUT2D eigenvalue weighted by atomic mass is 19.1. The van der Waals surface area contributed by atoms with E-state index in [1.165, 1.54) is 18.2 Å². The van der Waals surface area contributed by atoms with Crippen molar-refractivity contribution in [1.29, 1.82) is 0 Å². The first-order valence-corrected chi connectivity index (χ1v) is 6.37. The predicted octanol–water partition coefficient (Wildman–Crippen LogP) is 3.30. The summed E-state index contributed by atoms with van der Waals surface area (Å²) in [6.45, 7) is 4.27. The van der Waals surface area contributed by atoms with Gasteiger partial charge in [-0.2, -0.15) is 0 Å². The Kier molecular flexibility index (Phi) is 3.69. The van der Waals surface area contributed by atoms with Crippen LogP contribution in [0.25, 0.3) is 0 Å². The van der Waals surface area contributed by atoms with E-state index >= 15 is 0 Å². The van der Waals surface area contributed by atoms with Crippen LogP contribution in [0.1, 0.15) is 44.7 Å². The second-order valence-electron chi connectivity index (χ2n) is 5.77. The van der Waals surface area contributed by atoms with Gasteiger partial charge in [0.25, 0.3) is 0 Å². The first-order chi connectivity index (χ1) is 8.47. The van der Waals surface area contributed by atoms with Crippen LogP contribution in [-0.4, -0.2) is 0 Å². The summed E-state index contributed by atoms with van der Waals surface area (Å²) in [6, 6.07) is 3.47. The average Bonchev–Trinajstić information content (AvgIpc) is 2.64. The maximum absolute atomic E-state index is 13.9. The Morgan fingerprint density at radius 2 is 1.94 bits per heavy atom. The predicted molar refractivity (Wildman–Crippen MR) is 67.5 cm³/mol. The third kappa shape index (κ3) is 2.27. The summed E-state index contributed by atoms with van der Waals surface area (Å²) in [6.07, 6.45) is 3.08. The monoisotopic (exact) mass is 254 g/mol. The number of hydrogen-bond acceptors (Lipinski definition) is 2. The molecule has 1 aliphatic rings. The van der Waals surface area contributed by atoms with Gasteiger partial charge in [0.2, 0.25) is 0 Å². The Balaban J connectivity index is 2.40. The van der Waals surface area contributed by atoms with Gasteiger partial charge < -0.3 is 0 Å². The topological polar surface area (TPSA) is 38.0 Å². The van der Waals surface area contributed by atoms with Crippen LogP contribution in [0, 0.1) is 23.0 Å². The minimum atomic E-state index is -0.527. The quantitative estimate of drug-likeness (QED) is 0.641. The summed E-state index contributed by atoms with van der Waals surface area (Å²) in [5.41, 5.74) is 2.73. The second kappa shape index (κ2) is 4.94. The molecule has 2 atom stereocenters. The maximum atomic E-state index is 13.9. The van der Waals surface area contributed by atoms with Crippen LogP contribution in [-0.2, 0) is 0 Å². The van der Waals surface area contributed by atoms with Crippen LogP contribution in [0.5, 0.6) is 0 Å². The molecule has 3 N–H and O–H groups in total. The molecule has 1 fully saturated rings. The van der Waals surface area contributed by atoms with Crippen LogP contribution < -0.4 is 11.3 Å². The molecular formula is C14H20F2N2. The molecule has 1 aromatic rings. The molecule has 0 saturated heterocycles. The van der Waals surface area contributed by atoms with Gasteiger partial charge in [-0.1, -0.05) is 26.3 Å². The van der Waals surface area contributed by atoms with Gasteiger partial charge in [0.15, 0.2) is 0 Å². The van der Waals surface area contributed by atoms with Gasteiger partial charge in [0, 0.05) is 5.56 Å². The molecule has 2 nitrogen and oxygen atoms in total. The molecule has 0 bridgehead atoms. The van der Waals surface area contributed by atoms with Crippen molar-refractivity contribution in [3.8, 4) is 0 Å². The van der Waals surface area contributed by atoms with Gasteiger partial charge in [0.1, 0.15) is 11.6 Å². The highest BCUT2D eigenvalue weighted by Gasteiger charge is 2.41. The van der Waals surface area contributed by atoms with E-state index in [1.807, 2.05) is 0 Å². The Hall–Kier alpha value is -1.00. The van der Waals surface area contributed by atoms with Gasteiger partial charge >= 0.3 is 0 Å². The first kappa shape index (κ1) is 13.4. The summed E-state index contributed by atoms with van der Waals surface area (Å²) in [5, 5.41) is 0. The molecule has 0 aromatic heterocycles. The highest BCUT2D eigenvalue weighted by molar-refractivity contribution is 5.24. The Morgan fingerprint density at radius 1 is 1.33 bits per heavy atom. The molecule has 0 aliphatic heterocycles. The van der Waals surface area contributed by atoms with Crippen LogP contribution in [0.4, 0.5) is 8.78 Å². The average molecular weight is 254 g/mol. The minimum absolute atomic E-state index is 0.0474. The molecule has 100 valence electrons. The molecule has 1 aromatic carbocycles. The summed E-state index contributed by atoms with van der Waals surface area (Å²) in [5.74, 6) is 4.65. The minimum Gasteiger partial charge on any atom is -0.271 e. The molecule has 4 heteroatoms. The van der Waals surface area contributed by atoms with E-state index < -0.39 is 17.7 Å². The van der Waals surface area contributed by atoms with E-state index in [0.29, 0.717) is 0 Å². The zero-order valence-electron chi connectivity index (χ0n) is 10.8. The molecule has 1 saturated carbocycles. The maximum Gasteiger partial charge on any atom is 0.130 e. The number of rotatable bonds is 3. The Labute approximate surface area is 107 Å². The molecule has 2 rings (SSSR count). The smallest absolute Gasteiger partial charge is 0.130 e. The van der Waals surface area contributed by atoms with Crippen LogP contribution >= 0.6 is 0 Å². The van der Waals surface area contributed by atoms with Crippen LogP contribution in [0.3, 0.4) is 0 Å². The summed E-state index contributed by atoms with van der Waals surface area (Å²) < 4.78 is 27.7. The van der Waals surface area contributed by atoms with E-state index in [9.17, 15) is 8.78 Å². The number of hydrazine groups is 1. The van der Waals surface area contributed by atoms with Gasteiger partial charge in [-0.05, 0) is 36.3 Å². The molecule has 2 unspecified atom stereocenters. The Bertz CT molecular complexity index is 412. The first-order valence-electron chi connectivity index (χ1n) is 6.37. The summed E-state index contributed by atoms with van der Waals surface area (Å²) in [7, 11) is 0. The number of halogens is 2. The van der Waals surface area contributed by atoms with Gasteiger partial charge in [0.05, 0.1) is 6.04 Å². The molecule has 0 spiro atoms. The molecule has 0 amide bonds. The lowest BCUT2D eigenvalue weighted by Gasteiger charge is -2.34. The van der Waals surface area contributed by atoms with Crippen LogP contribution in [0.15, 0.2) is 18.2 Å². The van der Waals surface area contributed by atoms with Gasteiger partial charge in [-0.15, -0.1) is 0 Å². The van der Waals surface area contributed by atoms with E-state index in [0.717, 1.165) is 19.3 Å². The van der Waals surface area contributed by atoms with Crippen molar-refractivity contribution in [2.75, 3.05) is 0 Å². The van der Waals surface area contributed by atoms with E-state index in [2.05, 4.69) is 19.3 Å². The van der Waals surface area contributed by atoms with Crippen molar-refractivity contribution in [1.82, 2.24) is 5.43 Å². The molecule has 18 heavy (non-hydrogen) atoms. The Morgan fingerprint density at radius 3 is 2.39 bits per heavy atom. The van der Waals surface area contributed by atoms with Gasteiger partial charge in [-0.25, -0.2) is 8.78 Å². The fourth-order valence-corrected chi connectivity index (χ4v) is 3.18. The van der Waals surface area contributed by atoms with Crippen molar-refractivity contribution in [3.05, 3.63) is 35.4 Å².